The van der Waals surface area contributed by atoms with Crippen molar-refractivity contribution in [1.82, 2.24) is 4.72 Å². The molecule has 0 spiro atoms. The van der Waals surface area contributed by atoms with Crippen LogP contribution >= 0.6 is 0 Å². The van der Waals surface area contributed by atoms with E-state index >= 15 is 0 Å². The normalized spacial score (nSPS) is 23.9. The number of carbonyl (C=O) groups is 1. The molecule has 4 atom stereocenters. The molecule has 2 aliphatic rings. The molecule has 2 fully saturated rings. The zero-order chi connectivity index (χ0) is 23.7. The standard InChI is InChI=1S/C24H21N3O6S/c25-12-16-7-2-4-11-21(16)34(29,30)27-19-13-31-23-20(14-32-22(19)23)33-24(28)26-18-10-5-8-15-6-1-3-9-17(15)18/h1-11,19-20,22-23,27H,13-14H2,(H,26,28)/t19-,20+,22+,23+/m0/s1. The molecule has 2 N–H and O–H groups in total. The molecule has 10 heteroatoms. The molecule has 1 amide bonds. The fourth-order valence-electron chi connectivity index (χ4n) is 4.33. The molecule has 0 saturated carbocycles. The minimum absolute atomic E-state index is 0.0455. The van der Waals surface area contributed by atoms with Crippen molar-refractivity contribution in [2.75, 3.05) is 18.5 Å². The van der Waals surface area contributed by atoms with E-state index in [9.17, 15) is 18.5 Å². The molecule has 3 aromatic carbocycles. The van der Waals surface area contributed by atoms with Crippen LogP contribution in [0.15, 0.2) is 71.6 Å². The number of nitriles is 1. The fourth-order valence-corrected chi connectivity index (χ4v) is 5.72. The number of hydrogen-bond acceptors (Lipinski definition) is 7. The van der Waals surface area contributed by atoms with Gasteiger partial charge in [0, 0.05) is 5.39 Å². The molecule has 2 aliphatic heterocycles. The molecule has 9 nitrogen and oxygen atoms in total. The zero-order valence-corrected chi connectivity index (χ0v) is 18.7. The van der Waals surface area contributed by atoms with Gasteiger partial charge in [0.25, 0.3) is 0 Å². The van der Waals surface area contributed by atoms with Crippen LogP contribution in [0, 0.1) is 11.3 Å². The van der Waals surface area contributed by atoms with Gasteiger partial charge in [0.2, 0.25) is 10.0 Å². The van der Waals surface area contributed by atoms with Crippen LogP contribution in [0.1, 0.15) is 5.56 Å². The van der Waals surface area contributed by atoms with Crippen LogP contribution in [-0.4, -0.2) is 52.1 Å². The molecule has 0 bridgehead atoms. The van der Waals surface area contributed by atoms with E-state index in [0.29, 0.717) is 5.69 Å². The lowest BCUT2D eigenvalue weighted by Crippen LogP contribution is -2.44. The predicted molar refractivity (Wildman–Crippen MR) is 123 cm³/mol. The summed E-state index contributed by atoms with van der Waals surface area (Å²) in [5, 5.41) is 13.9. The lowest BCUT2D eigenvalue weighted by molar-refractivity contribution is 0.00884. The maximum atomic E-state index is 12.9. The van der Waals surface area contributed by atoms with Crippen molar-refractivity contribution in [2.45, 2.75) is 29.2 Å². The van der Waals surface area contributed by atoms with Gasteiger partial charge in [0.05, 0.1) is 35.4 Å². The maximum Gasteiger partial charge on any atom is 0.412 e. The van der Waals surface area contributed by atoms with Gasteiger partial charge in [-0.15, -0.1) is 0 Å². The van der Waals surface area contributed by atoms with Crippen molar-refractivity contribution < 1.29 is 27.4 Å². The Morgan fingerprint density at radius 1 is 0.971 bits per heavy atom. The van der Waals surface area contributed by atoms with E-state index in [1.807, 2.05) is 42.5 Å². The second kappa shape index (κ2) is 9.04. The molecule has 34 heavy (non-hydrogen) atoms. The highest BCUT2D eigenvalue weighted by Crippen LogP contribution is 2.31. The van der Waals surface area contributed by atoms with Crippen LogP contribution in [0.25, 0.3) is 10.8 Å². The highest BCUT2D eigenvalue weighted by atomic mass is 32.2. The van der Waals surface area contributed by atoms with Crippen LogP contribution in [0.3, 0.4) is 0 Å². The first kappa shape index (κ1) is 22.3. The summed E-state index contributed by atoms with van der Waals surface area (Å²) in [6, 6.07) is 20.4. The summed E-state index contributed by atoms with van der Waals surface area (Å²) in [6.45, 7) is 0.124. The largest absolute Gasteiger partial charge is 0.441 e. The van der Waals surface area contributed by atoms with Gasteiger partial charge in [-0.2, -0.15) is 5.26 Å². The summed E-state index contributed by atoms with van der Waals surface area (Å²) in [5.74, 6) is 0. The molecule has 0 radical (unpaired) electrons. The van der Waals surface area contributed by atoms with E-state index < -0.39 is 40.5 Å². The van der Waals surface area contributed by atoms with Crippen molar-refractivity contribution in [1.29, 1.82) is 5.26 Å². The van der Waals surface area contributed by atoms with Gasteiger partial charge in [-0.25, -0.2) is 17.9 Å². The molecule has 0 aliphatic carbocycles. The van der Waals surface area contributed by atoms with Gasteiger partial charge in [-0.1, -0.05) is 48.5 Å². The Balaban J connectivity index is 1.24. The number of ether oxygens (including phenoxy) is 3. The number of rotatable bonds is 5. The summed E-state index contributed by atoms with van der Waals surface area (Å²) in [6.07, 6.45) is -2.58. The number of anilines is 1. The van der Waals surface area contributed by atoms with E-state index in [0.717, 1.165) is 10.8 Å². The number of hydrogen-bond donors (Lipinski definition) is 2. The first-order valence-electron chi connectivity index (χ1n) is 10.7. The average molecular weight is 480 g/mol. The Morgan fingerprint density at radius 2 is 1.71 bits per heavy atom. The van der Waals surface area contributed by atoms with Crippen LogP contribution in [0.4, 0.5) is 10.5 Å². The monoisotopic (exact) mass is 479 g/mol. The lowest BCUT2D eigenvalue weighted by Gasteiger charge is -2.18. The molecular weight excluding hydrogens is 458 g/mol. The number of amides is 1. The van der Waals surface area contributed by atoms with E-state index in [-0.39, 0.29) is 23.7 Å². The Bertz CT molecular complexity index is 1380. The van der Waals surface area contributed by atoms with E-state index in [1.165, 1.54) is 12.1 Å². The van der Waals surface area contributed by atoms with Crippen LogP contribution in [-0.2, 0) is 24.2 Å². The van der Waals surface area contributed by atoms with E-state index in [4.69, 9.17) is 14.2 Å². The Kier molecular flexibility index (Phi) is 5.93. The Labute approximate surface area is 196 Å². The third-order valence-electron chi connectivity index (χ3n) is 5.90. The first-order valence-corrected chi connectivity index (χ1v) is 12.1. The third-order valence-corrected chi connectivity index (χ3v) is 7.44. The molecule has 0 unspecified atom stereocenters. The zero-order valence-electron chi connectivity index (χ0n) is 17.9. The second-order valence-corrected chi connectivity index (χ2v) is 9.71. The quantitative estimate of drug-likeness (QED) is 0.576. The summed E-state index contributed by atoms with van der Waals surface area (Å²) in [7, 11) is -3.98. The molecule has 174 valence electrons. The summed E-state index contributed by atoms with van der Waals surface area (Å²) < 4.78 is 45.3. The van der Waals surface area contributed by atoms with Gasteiger partial charge < -0.3 is 14.2 Å². The van der Waals surface area contributed by atoms with E-state index in [1.54, 1.807) is 18.2 Å². The minimum atomic E-state index is -3.98. The lowest BCUT2D eigenvalue weighted by atomic mass is 10.1. The molecule has 3 aromatic rings. The predicted octanol–water partition coefficient (Wildman–Crippen LogP) is 2.77. The highest BCUT2D eigenvalue weighted by Gasteiger charge is 2.50. The molecule has 2 saturated heterocycles. The number of sulfonamides is 1. The molecule has 5 rings (SSSR count). The maximum absolute atomic E-state index is 12.9. The average Bonchev–Trinajstić information content (AvgIpc) is 3.42. The van der Waals surface area contributed by atoms with Crippen molar-refractivity contribution in [3.8, 4) is 6.07 Å². The number of nitrogens with one attached hydrogen (secondary N) is 2. The number of carbonyl (C=O) groups excluding carboxylic acids is 1. The van der Waals surface area contributed by atoms with Crippen LogP contribution < -0.4 is 10.0 Å². The fraction of sp³-hybridized carbons (Fsp3) is 0.250. The molecule has 0 aromatic heterocycles. The molecular formula is C24H21N3O6S. The van der Waals surface area contributed by atoms with Crippen molar-refractivity contribution in [3.05, 3.63) is 72.3 Å². The SMILES string of the molecule is N#Cc1ccccc1S(=O)(=O)N[C@H]1CO[C@H]2[C@@H]1OC[C@H]2OC(=O)Nc1cccc2ccccc12. The minimum Gasteiger partial charge on any atom is -0.441 e. The summed E-state index contributed by atoms with van der Waals surface area (Å²) >= 11 is 0. The summed E-state index contributed by atoms with van der Waals surface area (Å²) in [5.41, 5.74) is 0.664. The van der Waals surface area contributed by atoms with Crippen molar-refractivity contribution >= 4 is 32.6 Å². The topological polar surface area (TPSA) is 127 Å². The van der Waals surface area contributed by atoms with Gasteiger partial charge >= 0.3 is 6.09 Å². The van der Waals surface area contributed by atoms with Crippen molar-refractivity contribution in [3.63, 3.8) is 0 Å². The van der Waals surface area contributed by atoms with Gasteiger partial charge in [0.1, 0.15) is 18.3 Å². The molecule has 2 heterocycles. The van der Waals surface area contributed by atoms with Crippen LogP contribution in [0.5, 0.6) is 0 Å². The number of fused-ring (bicyclic) bond motifs is 2. The van der Waals surface area contributed by atoms with Crippen molar-refractivity contribution in [2.24, 2.45) is 0 Å². The highest BCUT2D eigenvalue weighted by molar-refractivity contribution is 7.89. The van der Waals surface area contributed by atoms with Gasteiger partial charge in [0.15, 0.2) is 6.10 Å². The number of benzene rings is 3. The smallest absolute Gasteiger partial charge is 0.412 e. The Morgan fingerprint density at radius 3 is 2.56 bits per heavy atom. The second-order valence-electron chi connectivity index (χ2n) is 8.03. The van der Waals surface area contributed by atoms with Crippen LogP contribution in [0.2, 0.25) is 0 Å². The number of nitrogens with zero attached hydrogens (tertiary/aromatic N) is 1. The summed E-state index contributed by atoms with van der Waals surface area (Å²) in [4.78, 5) is 12.5. The van der Waals surface area contributed by atoms with Gasteiger partial charge in [-0.05, 0) is 23.6 Å². The third kappa shape index (κ3) is 4.22. The Hall–Kier alpha value is -3.49. The first-order chi connectivity index (χ1) is 16.5. The van der Waals surface area contributed by atoms with E-state index in [2.05, 4.69) is 10.0 Å². The van der Waals surface area contributed by atoms with Gasteiger partial charge in [-0.3, -0.25) is 5.32 Å².